The van der Waals surface area contributed by atoms with E-state index in [4.69, 9.17) is 0 Å². The summed E-state index contributed by atoms with van der Waals surface area (Å²) in [7, 11) is 0. The summed E-state index contributed by atoms with van der Waals surface area (Å²) in [4.78, 5) is 4.11. The average molecular weight is 255 g/mol. The molecule has 0 saturated heterocycles. The molecule has 2 aromatic heterocycles. The highest BCUT2D eigenvalue weighted by Crippen LogP contribution is 2.24. The van der Waals surface area contributed by atoms with Crippen LogP contribution in [-0.4, -0.2) is 19.9 Å². The molecule has 4 nitrogen and oxygen atoms in total. The number of nitrogens with zero attached hydrogens (tertiary/aromatic N) is 3. The van der Waals surface area contributed by atoms with Crippen LogP contribution in [0.2, 0.25) is 0 Å². The van der Waals surface area contributed by atoms with Gasteiger partial charge >= 0.3 is 0 Å². The van der Waals surface area contributed by atoms with Gasteiger partial charge in [-0.2, -0.15) is 9.78 Å². The van der Waals surface area contributed by atoms with Crippen LogP contribution in [0.1, 0.15) is 0 Å². The normalized spacial score (nSPS) is 10.6. The molecule has 0 unspecified atom stereocenters. The zero-order valence-corrected chi connectivity index (χ0v) is 9.86. The first kappa shape index (κ1) is 11.4. The van der Waals surface area contributed by atoms with Crippen LogP contribution in [0.15, 0.2) is 54.7 Å². The molecule has 0 spiro atoms. The zero-order valence-electron chi connectivity index (χ0n) is 9.86. The molecule has 1 aromatic carbocycles. The van der Waals surface area contributed by atoms with Crippen molar-refractivity contribution in [3.05, 3.63) is 60.5 Å². The van der Waals surface area contributed by atoms with Gasteiger partial charge in [-0.05, 0) is 36.4 Å². The van der Waals surface area contributed by atoms with E-state index in [1.54, 1.807) is 36.5 Å². The van der Waals surface area contributed by atoms with Gasteiger partial charge in [0.1, 0.15) is 5.82 Å². The number of halogens is 1. The Morgan fingerprint density at radius 1 is 1.05 bits per heavy atom. The zero-order chi connectivity index (χ0) is 13.2. The van der Waals surface area contributed by atoms with E-state index in [0.717, 1.165) is 5.56 Å². The van der Waals surface area contributed by atoms with Gasteiger partial charge in [0.05, 0.1) is 5.69 Å². The van der Waals surface area contributed by atoms with Crippen LogP contribution in [0.25, 0.3) is 17.1 Å². The molecule has 1 N–H and O–H groups in total. The Hall–Kier alpha value is -2.69. The number of aromatic nitrogens is 3. The maximum absolute atomic E-state index is 12.9. The lowest BCUT2D eigenvalue weighted by atomic mass is 10.1. The minimum atomic E-state index is -0.308. The Labute approximate surface area is 108 Å². The molecule has 0 fully saturated rings. The van der Waals surface area contributed by atoms with Crippen molar-refractivity contribution in [2.24, 2.45) is 0 Å². The van der Waals surface area contributed by atoms with Crippen molar-refractivity contribution in [2.45, 2.75) is 0 Å². The van der Waals surface area contributed by atoms with Gasteiger partial charge in [-0.15, -0.1) is 0 Å². The fourth-order valence-corrected chi connectivity index (χ4v) is 1.78. The van der Waals surface area contributed by atoms with E-state index in [1.165, 1.54) is 22.9 Å². The van der Waals surface area contributed by atoms with E-state index < -0.39 is 0 Å². The third-order valence-corrected chi connectivity index (χ3v) is 2.70. The van der Waals surface area contributed by atoms with Crippen molar-refractivity contribution in [3.8, 4) is 23.0 Å². The molecular weight excluding hydrogens is 245 g/mol. The van der Waals surface area contributed by atoms with Gasteiger partial charge in [-0.1, -0.05) is 6.07 Å². The molecule has 0 atom stereocenters. The van der Waals surface area contributed by atoms with Gasteiger partial charge in [0.2, 0.25) is 5.88 Å². The Morgan fingerprint density at radius 3 is 2.53 bits per heavy atom. The van der Waals surface area contributed by atoms with Gasteiger partial charge in [0.15, 0.2) is 5.82 Å². The second-order valence-electron chi connectivity index (χ2n) is 3.99. The average Bonchev–Trinajstić information content (AvgIpc) is 2.83. The lowest BCUT2D eigenvalue weighted by Gasteiger charge is -2.00. The molecule has 5 heteroatoms. The summed E-state index contributed by atoms with van der Waals surface area (Å²) in [5.74, 6) is 0.198. The number of aromatic hydroxyl groups is 1. The molecular formula is C14H10FN3O. The minimum absolute atomic E-state index is 0.0157. The fraction of sp³-hybridized carbons (Fsp3) is 0. The van der Waals surface area contributed by atoms with E-state index in [9.17, 15) is 9.50 Å². The van der Waals surface area contributed by atoms with Crippen molar-refractivity contribution in [1.82, 2.24) is 14.8 Å². The molecule has 19 heavy (non-hydrogen) atoms. The molecule has 0 amide bonds. The van der Waals surface area contributed by atoms with E-state index in [2.05, 4.69) is 10.1 Å². The second-order valence-corrected chi connectivity index (χ2v) is 3.99. The maximum Gasteiger partial charge on any atom is 0.216 e. The van der Waals surface area contributed by atoms with E-state index in [0.29, 0.717) is 11.5 Å². The smallest absolute Gasteiger partial charge is 0.216 e. The monoisotopic (exact) mass is 255 g/mol. The first-order valence-electron chi connectivity index (χ1n) is 5.70. The summed E-state index contributed by atoms with van der Waals surface area (Å²) < 4.78 is 14.2. The quantitative estimate of drug-likeness (QED) is 0.766. The number of rotatable bonds is 2. The molecule has 3 aromatic rings. The predicted molar refractivity (Wildman–Crippen MR) is 68.4 cm³/mol. The van der Waals surface area contributed by atoms with Crippen molar-refractivity contribution >= 4 is 0 Å². The first-order chi connectivity index (χ1) is 9.24. The number of hydrogen-bond donors (Lipinski definition) is 1. The first-order valence-corrected chi connectivity index (χ1v) is 5.70. The van der Waals surface area contributed by atoms with Crippen LogP contribution in [0.3, 0.4) is 0 Å². The molecule has 0 aliphatic rings. The van der Waals surface area contributed by atoms with Crippen molar-refractivity contribution in [2.75, 3.05) is 0 Å². The van der Waals surface area contributed by atoms with Crippen LogP contribution < -0.4 is 0 Å². The summed E-state index contributed by atoms with van der Waals surface area (Å²) >= 11 is 0. The highest BCUT2D eigenvalue weighted by Gasteiger charge is 2.10. The SMILES string of the molecule is Oc1cc(-c2ccc(F)cc2)nn1-c1ccccn1. The summed E-state index contributed by atoms with van der Waals surface area (Å²) in [5, 5.41) is 14.1. The van der Waals surface area contributed by atoms with E-state index in [1.807, 2.05) is 0 Å². The number of pyridine rings is 1. The molecule has 0 saturated carbocycles. The van der Waals surface area contributed by atoms with Crippen LogP contribution in [0.5, 0.6) is 5.88 Å². The fourth-order valence-electron chi connectivity index (χ4n) is 1.78. The standard InChI is InChI=1S/C14H10FN3O/c15-11-6-4-10(5-7-11)12-9-14(19)18(17-12)13-3-1-2-8-16-13/h1-9,19H. The predicted octanol–water partition coefficient (Wildman–Crippen LogP) is 2.78. The summed E-state index contributed by atoms with van der Waals surface area (Å²) in [5.41, 5.74) is 1.29. The van der Waals surface area contributed by atoms with Gasteiger partial charge in [0, 0.05) is 17.8 Å². The van der Waals surface area contributed by atoms with Gasteiger partial charge < -0.3 is 5.11 Å². The van der Waals surface area contributed by atoms with Gasteiger partial charge in [0.25, 0.3) is 0 Å². The summed E-state index contributed by atoms with van der Waals surface area (Å²) in [6.07, 6.45) is 1.62. The Morgan fingerprint density at radius 2 is 1.84 bits per heavy atom. The van der Waals surface area contributed by atoms with Crippen LogP contribution >= 0.6 is 0 Å². The Kier molecular flexibility index (Phi) is 2.72. The minimum Gasteiger partial charge on any atom is -0.493 e. The van der Waals surface area contributed by atoms with Gasteiger partial charge in [-0.25, -0.2) is 9.37 Å². The molecule has 0 radical (unpaired) electrons. The molecule has 0 aliphatic carbocycles. The second kappa shape index (κ2) is 4.53. The Balaban J connectivity index is 2.04. The summed E-state index contributed by atoms with van der Waals surface area (Å²) in [6, 6.07) is 12.8. The van der Waals surface area contributed by atoms with Gasteiger partial charge in [-0.3, -0.25) is 0 Å². The molecule has 3 rings (SSSR count). The third-order valence-electron chi connectivity index (χ3n) is 2.70. The van der Waals surface area contributed by atoms with Crippen molar-refractivity contribution in [1.29, 1.82) is 0 Å². The van der Waals surface area contributed by atoms with E-state index in [-0.39, 0.29) is 11.7 Å². The van der Waals surface area contributed by atoms with E-state index >= 15 is 0 Å². The largest absolute Gasteiger partial charge is 0.493 e. The molecule has 2 heterocycles. The lowest BCUT2D eigenvalue weighted by molar-refractivity contribution is 0.432. The van der Waals surface area contributed by atoms with Crippen molar-refractivity contribution in [3.63, 3.8) is 0 Å². The van der Waals surface area contributed by atoms with Crippen LogP contribution in [0.4, 0.5) is 4.39 Å². The Bertz CT molecular complexity index is 692. The summed E-state index contributed by atoms with van der Waals surface area (Å²) in [6.45, 7) is 0. The third kappa shape index (κ3) is 2.18. The topological polar surface area (TPSA) is 50.9 Å². The molecule has 0 aliphatic heterocycles. The maximum atomic E-state index is 12.9. The van der Waals surface area contributed by atoms with Crippen LogP contribution in [-0.2, 0) is 0 Å². The van der Waals surface area contributed by atoms with Crippen LogP contribution in [0, 0.1) is 5.82 Å². The molecule has 94 valence electrons. The number of benzene rings is 1. The highest BCUT2D eigenvalue weighted by atomic mass is 19.1. The molecule has 0 bridgehead atoms. The van der Waals surface area contributed by atoms with Crippen molar-refractivity contribution < 1.29 is 9.50 Å². The number of hydrogen-bond acceptors (Lipinski definition) is 3. The highest BCUT2D eigenvalue weighted by molar-refractivity contribution is 5.60. The lowest BCUT2D eigenvalue weighted by Crippen LogP contribution is -1.98.